The molecule has 1 nitrogen and oxygen atoms in total. The lowest BCUT2D eigenvalue weighted by molar-refractivity contribution is 0.0983. The van der Waals surface area contributed by atoms with Crippen molar-refractivity contribution in [2.75, 3.05) is 0 Å². The predicted molar refractivity (Wildman–Crippen MR) is 75.5 cm³/mol. The summed E-state index contributed by atoms with van der Waals surface area (Å²) in [6.07, 6.45) is 0.855. The molecule has 0 unspecified atom stereocenters. The third kappa shape index (κ3) is 3.55. The second kappa shape index (κ2) is 6.18. The van der Waals surface area contributed by atoms with Crippen LogP contribution >= 0.6 is 23.2 Å². The average Bonchev–Trinajstić information content (AvgIpc) is 2.41. The first kappa shape index (κ1) is 14.0. The number of rotatable bonds is 4. The molecule has 0 saturated carbocycles. The van der Waals surface area contributed by atoms with Crippen molar-refractivity contribution in [1.29, 1.82) is 0 Å². The quantitative estimate of drug-likeness (QED) is 0.730. The van der Waals surface area contributed by atoms with Gasteiger partial charge in [0, 0.05) is 12.0 Å². The van der Waals surface area contributed by atoms with E-state index < -0.39 is 0 Å². The lowest BCUT2D eigenvalue weighted by Gasteiger charge is -2.05. The molecule has 0 atom stereocenters. The number of benzene rings is 2. The Kier molecular flexibility index (Phi) is 4.56. The van der Waals surface area contributed by atoms with Crippen LogP contribution in [0.5, 0.6) is 0 Å². The maximum Gasteiger partial charge on any atom is 0.164 e. The summed E-state index contributed by atoms with van der Waals surface area (Å²) in [5, 5.41) is 0.655. The number of Topliss-reactive ketones (excluding diaryl/α,β-unsaturated/α-hetero) is 1. The van der Waals surface area contributed by atoms with Crippen LogP contribution in [0.1, 0.15) is 22.3 Å². The first-order valence-corrected chi connectivity index (χ1v) is 6.55. The molecule has 0 amide bonds. The van der Waals surface area contributed by atoms with Crippen LogP contribution in [0.3, 0.4) is 0 Å². The standard InChI is InChI=1S/C15H11Cl2FO/c16-13-3-1-2-12(15(13)17)14(19)9-6-10-4-7-11(18)8-5-10/h1-5,7-8H,6,9H2. The third-order valence-electron chi connectivity index (χ3n) is 2.81. The first-order valence-electron chi connectivity index (χ1n) is 5.79. The molecule has 4 heteroatoms. The van der Waals surface area contributed by atoms with Crippen molar-refractivity contribution in [3.63, 3.8) is 0 Å². The summed E-state index contributed by atoms with van der Waals surface area (Å²) in [6.45, 7) is 0. The molecule has 2 aromatic rings. The number of halogens is 3. The highest BCUT2D eigenvalue weighted by Gasteiger charge is 2.12. The molecule has 0 fully saturated rings. The molecule has 0 bridgehead atoms. The zero-order valence-electron chi connectivity index (χ0n) is 10.00. The smallest absolute Gasteiger partial charge is 0.164 e. The van der Waals surface area contributed by atoms with Gasteiger partial charge in [0.1, 0.15) is 5.82 Å². The molecule has 0 aliphatic heterocycles. The van der Waals surface area contributed by atoms with Crippen molar-refractivity contribution in [1.82, 2.24) is 0 Å². The van der Waals surface area contributed by atoms with E-state index in [1.54, 1.807) is 30.3 Å². The van der Waals surface area contributed by atoms with Crippen LogP contribution in [0.4, 0.5) is 4.39 Å². The first-order chi connectivity index (χ1) is 9.08. The zero-order valence-corrected chi connectivity index (χ0v) is 11.5. The van der Waals surface area contributed by atoms with Gasteiger partial charge in [0.25, 0.3) is 0 Å². The fourth-order valence-electron chi connectivity index (χ4n) is 1.76. The molecular formula is C15H11Cl2FO. The minimum atomic E-state index is -0.284. The molecular weight excluding hydrogens is 286 g/mol. The monoisotopic (exact) mass is 296 g/mol. The largest absolute Gasteiger partial charge is 0.294 e. The molecule has 0 aliphatic carbocycles. The zero-order chi connectivity index (χ0) is 13.8. The predicted octanol–water partition coefficient (Wildman–Crippen LogP) is 4.95. The Morgan fingerprint density at radius 1 is 1.05 bits per heavy atom. The summed E-state index contributed by atoms with van der Waals surface area (Å²) in [6, 6.07) is 11.1. The van der Waals surface area contributed by atoms with Crippen molar-refractivity contribution in [3.8, 4) is 0 Å². The molecule has 2 aromatic carbocycles. The molecule has 0 radical (unpaired) electrons. The van der Waals surface area contributed by atoms with Gasteiger partial charge in [-0.15, -0.1) is 0 Å². The SMILES string of the molecule is O=C(CCc1ccc(F)cc1)c1cccc(Cl)c1Cl. The van der Waals surface area contributed by atoms with Crippen LogP contribution < -0.4 is 0 Å². The van der Waals surface area contributed by atoms with Gasteiger partial charge in [-0.1, -0.05) is 41.4 Å². The Balaban J connectivity index is 2.05. The number of carbonyl (C=O) groups excluding carboxylic acids is 1. The van der Waals surface area contributed by atoms with Crippen molar-refractivity contribution in [2.45, 2.75) is 12.8 Å². The van der Waals surface area contributed by atoms with E-state index >= 15 is 0 Å². The molecule has 19 heavy (non-hydrogen) atoms. The summed E-state index contributed by atoms with van der Waals surface area (Å²) >= 11 is 11.9. The molecule has 0 heterocycles. The maximum absolute atomic E-state index is 12.7. The maximum atomic E-state index is 12.7. The molecule has 98 valence electrons. The summed E-state index contributed by atoms with van der Waals surface area (Å²) in [5.74, 6) is -0.357. The fraction of sp³-hybridized carbons (Fsp3) is 0.133. The highest BCUT2D eigenvalue weighted by atomic mass is 35.5. The van der Waals surface area contributed by atoms with E-state index in [-0.39, 0.29) is 16.6 Å². The van der Waals surface area contributed by atoms with E-state index in [1.165, 1.54) is 12.1 Å². The molecule has 0 spiro atoms. The van der Waals surface area contributed by atoms with Gasteiger partial charge in [-0.3, -0.25) is 4.79 Å². The van der Waals surface area contributed by atoms with Gasteiger partial charge in [-0.2, -0.15) is 0 Å². The van der Waals surface area contributed by atoms with Crippen LogP contribution in [0.15, 0.2) is 42.5 Å². The lowest BCUT2D eigenvalue weighted by Crippen LogP contribution is -2.02. The number of ketones is 1. The van der Waals surface area contributed by atoms with Crippen LogP contribution in [-0.4, -0.2) is 5.78 Å². The molecule has 0 N–H and O–H groups in total. The van der Waals surface area contributed by atoms with E-state index in [2.05, 4.69) is 0 Å². The van der Waals surface area contributed by atoms with E-state index in [9.17, 15) is 9.18 Å². The van der Waals surface area contributed by atoms with Crippen LogP contribution in [0.2, 0.25) is 10.0 Å². The number of hydrogen-bond donors (Lipinski definition) is 0. The second-order valence-corrected chi connectivity index (χ2v) is 4.94. The number of hydrogen-bond acceptors (Lipinski definition) is 1. The number of carbonyl (C=O) groups is 1. The minimum Gasteiger partial charge on any atom is -0.294 e. The molecule has 0 aliphatic rings. The van der Waals surface area contributed by atoms with Gasteiger partial charge < -0.3 is 0 Å². The lowest BCUT2D eigenvalue weighted by atomic mass is 10.0. The van der Waals surface area contributed by atoms with Crippen molar-refractivity contribution in [2.24, 2.45) is 0 Å². The van der Waals surface area contributed by atoms with Crippen LogP contribution in [0, 0.1) is 5.82 Å². The van der Waals surface area contributed by atoms with Gasteiger partial charge in [0.2, 0.25) is 0 Å². The Morgan fingerprint density at radius 3 is 2.42 bits per heavy atom. The van der Waals surface area contributed by atoms with E-state index in [4.69, 9.17) is 23.2 Å². The van der Waals surface area contributed by atoms with Crippen LogP contribution in [-0.2, 0) is 6.42 Å². The summed E-state index contributed by atoms with van der Waals surface area (Å²) in [7, 11) is 0. The molecule has 2 rings (SSSR count). The van der Waals surface area contributed by atoms with Crippen molar-refractivity contribution < 1.29 is 9.18 Å². The van der Waals surface area contributed by atoms with Crippen LogP contribution in [0.25, 0.3) is 0 Å². The van der Waals surface area contributed by atoms with Gasteiger partial charge >= 0.3 is 0 Å². The molecule has 0 saturated heterocycles. The van der Waals surface area contributed by atoms with Crippen molar-refractivity contribution >= 4 is 29.0 Å². The van der Waals surface area contributed by atoms with E-state index in [0.717, 1.165) is 5.56 Å². The Hall–Kier alpha value is -1.38. The third-order valence-corrected chi connectivity index (χ3v) is 3.62. The minimum absolute atomic E-state index is 0.0724. The van der Waals surface area contributed by atoms with Gasteiger partial charge in [0.05, 0.1) is 10.0 Å². The average molecular weight is 297 g/mol. The Bertz CT molecular complexity index is 594. The normalized spacial score (nSPS) is 10.5. The van der Waals surface area contributed by atoms with E-state index in [0.29, 0.717) is 23.4 Å². The Labute approximate surface area is 121 Å². The summed E-state index contributed by atoms with van der Waals surface area (Å²) < 4.78 is 12.7. The highest BCUT2D eigenvalue weighted by Crippen LogP contribution is 2.26. The second-order valence-electron chi connectivity index (χ2n) is 4.15. The molecule has 0 aromatic heterocycles. The topological polar surface area (TPSA) is 17.1 Å². The number of aryl methyl sites for hydroxylation is 1. The Morgan fingerprint density at radius 2 is 1.74 bits per heavy atom. The van der Waals surface area contributed by atoms with E-state index in [1.807, 2.05) is 0 Å². The fourth-order valence-corrected chi connectivity index (χ4v) is 2.17. The van der Waals surface area contributed by atoms with Gasteiger partial charge in [-0.25, -0.2) is 4.39 Å². The van der Waals surface area contributed by atoms with Crippen molar-refractivity contribution in [3.05, 3.63) is 69.5 Å². The van der Waals surface area contributed by atoms with Gasteiger partial charge in [0.15, 0.2) is 5.78 Å². The summed E-state index contributed by atoms with van der Waals surface area (Å²) in [4.78, 5) is 12.0. The highest BCUT2D eigenvalue weighted by molar-refractivity contribution is 6.43. The van der Waals surface area contributed by atoms with Gasteiger partial charge in [-0.05, 0) is 36.2 Å². The summed E-state index contributed by atoms with van der Waals surface area (Å²) in [5.41, 5.74) is 1.34.